The summed E-state index contributed by atoms with van der Waals surface area (Å²) >= 11 is 0. The molecule has 1 rings (SSSR count). The van der Waals surface area contributed by atoms with Gasteiger partial charge in [-0.3, -0.25) is 4.79 Å². The number of benzene rings is 1. The lowest BCUT2D eigenvalue weighted by atomic mass is 10.1. The zero-order valence-corrected chi connectivity index (χ0v) is 12.3. The van der Waals surface area contributed by atoms with Crippen molar-refractivity contribution in [3.63, 3.8) is 0 Å². The van der Waals surface area contributed by atoms with Crippen LogP contribution in [-0.4, -0.2) is 44.7 Å². The highest BCUT2D eigenvalue weighted by molar-refractivity contribution is 6.00. The number of hydrogen-bond donors (Lipinski definition) is 1. The van der Waals surface area contributed by atoms with Crippen molar-refractivity contribution in [2.24, 2.45) is 0 Å². The fourth-order valence-electron chi connectivity index (χ4n) is 2.01. The Labute approximate surface area is 121 Å². The molecular weight excluding hydrogens is 285 g/mol. The molecule has 0 heterocycles. The largest absolute Gasteiger partial charge is 0.418 e. The first-order valence-electron chi connectivity index (χ1n) is 6.53. The van der Waals surface area contributed by atoms with Gasteiger partial charge in [-0.1, -0.05) is 6.07 Å². The zero-order chi connectivity index (χ0) is 16.0. The Balaban J connectivity index is 3.20. The van der Waals surface area contributed by atoms with Gasteiger partial charge in [0.25, 0.3) is 5.91 Å². The van der Waals surface area contributed by atoms with E-state index < -0.39 is 17.6 Å². The normalized spacial score (nSPS) is 11.3. The van der Waals surface area contributed by atoms with E-state index in [-0.39, 0.29) is 11.3 Å². The summed E-state index contributed by atoms with van der Waals surface area (Å²) in [6.07, 6.45) is -4.52. The molecule has 0 radical (unpaired) electrons. The zero-order valence-electron chi connectivity index (χ0n) is 12.3. The van der Waals surface area contributed by atoms with E-state index in [1.165, 1.54) is 31.2 Å². The van der Waals surface area contributed by atoms with Gasteiger partial charge >= 0.3 is 6.18 Å². The van der Waals surface area contributed by atoms with Crippen molar-refractivity contribution in [1.29, 1.82) is 0 Å². The van der Waals surface area contributed by atoms with E-state index >= 15 is 0 Å². The van der Waals surface area contributed by atoms with Crippen molar-refractivity contribution in [3.05, 3.63) is 29.3 Å². The van der Waals surface area contributed by atoms with Gasteiger partial charge in [-0.15, -0.1) is 0 Å². The van der Waals surface area contributed by atoms with Crippen LogP contribution in [0.4, 0.5) is 18.9 Å². The number of rotatable bonds is 6. The van der Waals surface area contributed by atoms with E-state index in [1.54, 1.807) is 6.92 Å². The third-order valence-corrected chi connectivity index (χ3v) is 3.08. The van der Waals surface area contributed by atoms with Crippen LogP contribution in [0, 0.1) is 0 Å². The van der Waals surface area contributed by atoms with Crippen molar-refractivity contribution < 1.29 is 22.7 Å². The summed E-state index contributed by atoms with van der Waals surface area (Å²) in [5, 5.41) is 2.49. The molecule has 1 amide bonds. The Kier molecular flexibility index (Phi) is 6.02. The first-order valence-corrected chi connectivity index (χ1v) is 6.53. The number of nitrogens with one attached hydrogen (secondary N) is 1. The van der Waals surface area contributed by atoms with Gasteiger partial charge in [0, 0.05) is 27.2 Å². The Morgan fingerprint density at radius 3 is 2.52 bits per heavy atom. The lowest BCUT2D eigenvalue weighted by Gasteiger charge is -2.23. The van der Waals surface area contributed by atoms with Gasteiger partial charge in [-0.2, -0.15) is 13.2 Å². The smallest absolute Gasteiger partial charge is 0.387 e. The number of alkyl halides is 3. The summed E-state index contributed by atoms with van der Waals surface area (Å²) in [5.74, 6) is -0.454. The number of nitrogens with zero attached hydrogens (tertiary/aromatic N) is 1. The fourth-order valence-corrected chi connectivity index (χ4v) is 2.01. The molecule has 7 heteroatoms. The van der Waals surface area contributed by atoms with Crippen molar-refractivity contribution in [3.8, 4) is 0 Å². The van der Waals surface area contributed by atoms with Crippen LogP contribution in [0.2, 0.25) is 0 Å². The Bertz CT molecular complexity index is 490. The van der Waals surface area contributed by atoms with Crippen molar-refractivity contribution in [2.75, 3.05) is 39.2 Å². The van der Waals surface area contributed by atoms with Gasteiger partial charge in [0.2, 0.25) is 0 Å². The molecule has 0 unspecified atom stereocenters. The Morgan fingerprint density at radius 1 is 1.38 bits per heavy atom. The molecule has 0 aliphatic carbocycles. The topological polar surface area (TPSA) is 41.6 Å². The number of ether oxygens (including phenoxy) is 1. The molecule has 0 aliphatic rings. The molecule has 21 heavy (non-hydrogen) atoms. The summed E-state index contributed by atoms with van der Waals surface area (Å²) in [4.78, 5) is 13.8. The highest BCUT2D eigenvalue weighted by atomic mass is 19.4. The van der Waals surface area contributed by atoms with E-state index in [9.17, 15) is 18.0 Å². The number of hydrogen-bond acceptors (Lipinski definition) is 3. The predicted octanol–water partition coefficient (Wildman–Crippen LogP) is 2.86. The van der Waals surface area contributed by atoms with Gasteiger partial charge in [-0.25, -0.2) is 0 Å². The van der Waals surface area contributed by atoms with Crippen LogP contribution >= 0.6 is 0 Å². The van der Waals surface area contributed by atoms with E-state index in [0.717, 1.165) is 6.07 Å². The first-order chi connectivity index (χ1) is 9.86. The molecule has 1 aromatic rings. The fraction of sp³-hybridized carbons (Fsp3) is 0.500. The summed E-state index contributed by atoms with van der Waals surface area (Å²) in [6, 6.07) is 3.58. The second-order valence-corrected chi connectivity index (χ2v) is 4.35. The second-order valence-electron chi connectivity index (χ2n) is 4.35. The van der Waals surface area contributed by atoms with Gasteiger partial charge in [0.15, 0.2) is 0 Å². The summed E-state index contributed by atoms with van der Waals surface area (Å²) in [7, 11) is 2.87. The molecule has 0 aliphatic heterocycles. The Morgan fingerprint density at radius 2 is 2.05 bits per heavy atom. The average molecular weight is 304 g/mol. The molecule has 0 spiro atoms. The first kappa shape index (κ1) is 17.3. The molecule has 0 fully saturated rings. The van der Waals surface area contributed by atoms with Crippen molar-refractivity contribution in [1.82, 2.24) is 4.90 Å². The number of amides is 1. The van der Waals surface area contributed by atoms with Crippen LogP contribution in [0.25, 0.3) is 0 Å². The quantitative estimate of drug-likeness (QED) is 0.878. The number of anilines is 1. The summed E-state index contributed by atoms with van der Waals surface area (Å²) in [6.45, 7) is 2.81. The highest BCUT2D eigenvalue weighted by Crippen LogP contribution is 2.36. The number of methoxy groups -OCH3 is 1. The number of likely N-dealkylation sites (N-methyl/N-ethyl adjacent to an activating group) is 1. The minimum absolute atomic E-state index is 0.00489. The minimum Gasteiger partial charge on any atom is -0.387 e. The van der Waals surface area contributed by atoms with Crippen molar-refractivity contribution >= 4 is 11.6 Å². The van der Waals surface area contributed by atoms with Gasteiger partial charge < -0.3 is 15.0 Å². The van der Waals surface area contributed by atoms with E-state index in [1.807, 2.05) is 0 Å². The highest BCUT2D eigenvalue weighted by Gasteiger charge is 2.35. The number of para-hydroxylation sites is 1. The van der Waals surface area contributed by atoms with Gasteiger partial charge in [-0.05, 0) is 19.1 Å². The lowest BCUT2D eigenvalue weighted by molar-refractivity contribution is -0.136. The van der Waals surface area contributed by atoms with Crippen LogP contribution in [0.15, 0.2) is 18.2 Å². The van der Waals surface area contributed by atoms with E-state index in [0.29, 0.717) is 19.7 Å². The maximum absolute atomic E-state index is 13.0. The van der Waals surface area contributed by atoms with Crippen LogP contribution in [0.5, 0.6) is 0 Å². The average Bonchev–Trinajstić information content (AvgIpc) is 2.45. The molecule has 1 aromatic carbocycles. The third-order valence-electron chi connectivity index (χ3n) is 3.08. The summed E-state index contributed by atoms with van der Waals surface area (Å²) < 4.78 is 43.8. The van der Waals surface area contributed by atoms with Gasteiger partial charge in [0.05, 0.1) is 23.4 Å². The predicted molar refractivity (Wildman–Crippen MR) is 74.4 cm³/mol. The molecule has 118 valence electrons. The molecule has 0 atom stereocenters. The molecule has 0 saturated heterocycles. The molecule has 1 N–H and O–H groups in total. The molecular formula is C14H19F3N2O2. The van der Waals surface area contributed by atoms with Crippen LogP contribution in [0.1, 0.15) is 22.8 Å². The van der Waals surface area contributed by atoms with E-state index in [4.69, 9.17) is 4.74 Å². The maximum atomic E-state index is 13.0. The van der Waals surface area contributed by atoms with E-state index in [2.05, 4.69) is 5.32 Å². The number of halogens is 3. The Hall–Kier alpha value is -1.76. The monoisotopic (exact) mass is 304 g/mol. The minimum atomic E-state index is -4.52. The molecule has 0 saturated carbocycles. The van der Waals surface area contributed by atoms with Gasteiger partial charge in [0.1, 0.15) is 0 Å². The lowest BCUT2D eigenvalue weighted by Crippen LogP contribution is -2.34. The van der Waals surface area contributed by atoms with Crippen LogP contribution in [0.3, 0.4) is 0 Å². The van der Waals surface area contributed by atoms with Crippen molar-refractivity contribution in [2.45, 2.75) is 13.1 Å². The van der Waals surface area contributed by atoms with Crippen LogP contribution < -0.4 is 5.32 Å². The SMILES string of the molecule is CCN(CCOC)C(=O)c1cccc(C(F)(F)F)c1NC. The molecule has 0 aromatic heterocycles. The van der Waals surface area contributed by atoms with Crippen LogP contribution in [-0.2, 0) is 10.9 Å². The number of carbonyl (C=O) groups excluding carboxylic acids is 1. The standard InChI is InChI=1S/C14H19F3N2O2/c1-4-19(8-9-21-3)13(20)10-6-5-7-11(12(10)18-2)14(15,16)17/h5-7,18H,4,8-9H2,1-3H3. The third kappa shape index (κ3) is 4.10. The second kappa shape index (κ2) is 7.31. The number of carbonyl (C=O) groups is 1. The molecule has 0 bridgehead atoms. The summed E-state index contributed by atoms with van der Waals surface area (Å²) in [5.41, 5.74) is -1.05. The molecule has 4 nitrogen and oxygen atoms in total. The maximum Gasteiger partial charge on any atom is 0.418 e.